The van der Waals surface area contributed by atoms with Gasteiger partial charge in [-0.1, -0.05) is 0 Å². The van der Waals surface area contributed by atoms with Crippen LogP contribution in [-0.2, 0) is 19.3 Å². The second-order valence-corrected chi connectivity index (χ2v) is 5.96. The lowest BCUT2D eigenvalue weighted by Gasteiger charge is -2.31. The number of alkyl halides is 3. The number of hydrogen-bond donors (Lipinski definition) is 0. The zero-order valence-electron chi connectivity index (χ0n) is 12.9. The van der Waals surface area contributed by atoms with Crippen LogP contribution in [0.25, 0.3) is 0 Å². The van der Waals surface area contributed by atoms with Gasteiger partial charge in [0, 0.05) is 19.2 Å². The van der Waals surface area contributed by atoms with E-state index in [1.165, 1.54) is 11.0 Å². The highest BCUT2D eigenvalue weighted by molar-refractivity contribution is 5.03. The number of halogens is 3. The van der Waals surface area contributed by atoms with Crippen LogP contribution < -0.4 is 5.56 Å². The van der Waals surface area contributed by atoms with Gasteiger partial charge in [-0.3, -0.25) is 14.3 Å². The van der Waals surface area contributed by atoms with Gasteiger partial charge in [0.25, 0.3) is 5.56 Å². The molecule has 130 valence electrons. The largest absolute Gasteiger partial charge is 0.451 e. The fraction of sp³-hybridized carbons (Fsp3) is 0.533. The van der Waals surface area contributed by atoms with Crippen molar-refractivity contribution in [1.29, 1.82) is 0 Å². The third-order valence-corrected chi connectivity index (χ3v) is 4.20. The third kappa shape index (κ3) is 4.02. The number of piperidine rings is 1. The SMILES string of the molecule is O=c1cc(C(F)(F)F)ncn1CC1CCN(Cc2cocn2)CC1. The first-order chi connectivity index (χ1) is 11.4. The van der Waals surface area contributed by atoms with Gasteiger partial charge in [0.15, 0.2) is 12.1 Å². The van der Waals surface area contributed by atoms with Crippen LogP contribution in [0.4, 0.5) is 13.2 Å². The topological polar surface area (TPSA) is 64.2 Å². The minimum Gasteiger partial charge on any atom is -0.451 e. The quantitative estimate of drug-likeness (QED) is 0.852. The zero-order valence-corrected chi connectivity index (χ0v) is 12.9. The summed E-state index contributed by atoms with van der Waals surface area (Å²) in [5.74, 6) is 0.245. The molecular formula is C15H17F3N4O2. The number of nitrogens with zero attached hydrogens (tertiary/aromatic N) is 4. The first kappa shape index (κ1) is 16.7. The van der Waals surface area contributed by atoms with Crippen LogP contribution in [0.2, 0.25) is 0 Å². The highest BCUT2D eigenvalue weighted by Crippen LogP contribution is 2.26. The number of oxazole rings is 1. The molecule has 0 aromatic carbocycles. The molecule has 1 saturated heterocycles. The van der Waals surface area contributed by atoms with E-state index < -0.39 is 17.4 Å². The second kappa shape index (κ2) is 6.76. The lowest BCUT2D eigenvalue weighted by atomic mass is 9.96. The van der Waals surface area contributed by atoms with E-state index in [1.54, 1.807) is 6.26 Å². The van der Waals surface area contributed by atoms with Crippen LogP contribution in [0.5, 0.6) is 0 Å². The summed E-state index contributed by atoms with van der Waals surface area (Å²) < 4.78 is 43.8. The monoisotopic (exact) mass is 342 g/mol. The molecule has 1 fully saturated rings. The Labute approximate surface area is 135 Å². The molecule has 24 heavy (non-hydrogen) atoms. The van der Waals surface area contributed by atoms with Crippen molar-refractivity contribution in [1.82, 2.24) is 19.4 Å². The number of likely N-dealkylation sites (tertiary alicyclic amines) is 1. The van der Waals surface area contributed by atoms with E-state index in [2.05, 4.69) is 14.9 Å². The Morgan fingerprint density at radius 2 is 2.00 bits per heavy atom. The molecule has 1 aliphatic rings. The summed E-state index contributed by atoms with van der Waals surface area (Å²) in [6, 6.07) is 0.555. The molecule has 6 nitrogen and oxygen atoms in total. The van der Waals surface area contributed by atoms with Crippen LogP contribution in [0.1, 0.15) is 24.2 Å². The van der Waals surface area contributed by atoms with Crippen molar-refractivity contribution >= 4 is 0 Å². The van der Waals surface area contributed by atoms with Crippen molar-refractivity contribution in [2.24, 2.45) is 5.92 Å². The van der Waals surface area contributed by atoms with Gasteiger partial charge in [-0.05, 0) is 31.8 Å². The summed E-state index contributed by atoms with van der Waals surface area (Å²) >= 11 is 0. The Bertz CT molecular complexity index is 719. The summed E-state index contributed by atoms with van der Waals surface area (Å²) in [6.45, 7) is 2.80. The predicted octanol–water partition coefficient (Wildman–Crippen LogP) is 2.16. The number of rotatable bonds is 4. The molecule has 2 aromatic rings. The standard InChI is InChI=1S/C15H17F3N4O2/c16-15(17,18)13-5-14(23)22(9-19-13)6-11-1-3-21(4-2-11)7-12-8-24-10-20-12/h5,8-11H,1-4,6-7H2. The van der Waals surface area contributed by atoms with Crippen molar-refractivity contribution in [2.75, 3.05) is 13.1 Å². The molecule has 9 heteroatoms. The predicted molar refractivity (Wildman–Crippen MR) is 78.0 cm³/mol. The molecule has 0 amide bonds. The van der Waals surface area contributed by atoms with Crippen molar-refractivity contribution in [3.63, 3.8) is 0 Å². The van der Waals surface area contributed by atoms with E-state index in [9.17, 15) is 18.0 Å². The fourth-order valence-corrected chi connectivity index (χ4v) is 2.87. The van der Waals surface area contributed by atoms with Crippen molar-refractivity contribution in [3.8, 4) is 0 Å². The average molecular weight is 342 g/mol. The molecule has 0 N–H and O–H groups in total. The highest BCUT2D eigenvalue weighted by Gasteiger charge is 2.33. The smallest absolute Gasteiger partial charge is 0.433 e. The maximum absolute atomic E-state index is 12.5. The summed E-state index contributed by atoms with van der Waals surface area (Å²) in [5.41, 5.74) is -0.940. The zero-order chi connectivity index (χ0) is 17.2. The van der Waals surface area contributed by atoms with Crippen LogP contribution in [0.15, 0.2) is 34.3 Å². The molecule has 3 rings (SSSR count). The van der Waals surface area contributed by atoms with Gasteiger partial charge >= 0.3 is 6.18 Å². The van der Waals surface area contributed by atoms with Crippen LogP contribution in [-0.4, -0.2) is 32.5 Å². The minimum absolute atomic E-state index is 0.245. The summed E-state index contributed by atoms with van der Waals surface area (Å²) in [5, 5.41) is 0. The molecule has 0 radical (unpaired) electrons. The first-order valence-corrected chi connectivity index (χ1v) is 7.65. The van der Waals surface area contributed by atoms with Crippen LogP contribution in [0, 0.1) is 5.92 Å². The van der Waals surface area contributed by atoms with E-state index in [-0.39, 0.29) is 5.92 Å². The maximum atomic E-state index is 12.5. The van der Waals surface area contributed by atoms with Gasteiger partial charge in [0.2, 0.25) is 0 Å². The second-order valence-electron chi connectivity index (χ2n) is 5.96. The Kier molecular flexibility index (Phi) is 4.70. The Morgan fingerprint density at radius 1 is 1.25 bits per heavy atom. The number of aromatic nitrogens is 3. The van der Waals surface area contributed by atoms with Crippen LogP contribution >= 0.6 is 0 Å². The Balaban J connectivity index is 1.55. The van der Waals surface area contributed by atoms with E-state index in [0.29, 0.717) is 19.2 Å². The molecule has 0 bridgehead atoms. The molecule has 0 aliphatic carbocycles. The van der Waals surface area contributed by atoms with Crippen molar-refractivity contribution in [3.05, 3.63) is 46.8 Å². The highest BCUT2D eigenvalue weighted by atomic mass is 19.4. The van der Waals surface area contributed by atoms with Gasteiger partial charge in [0.1, 0.15) is 6.26 Å². The van der Waals surface area contributed by atoms with E-state index in [1.807, 2.05) is 0 Å². The molecule has 0 spiro atoms. The molecule has 0 atom stereocenters. The number of hydrogen-bond acceptors (Lipinski definition) is 5. The van der Waals surface area contributed by atoms with Crippen molar-refractivity contribution in [2.45, 2.75) is 32.1 Å². The maximum Gasteiger partial charge on any atom is 0.433 e. The Morgan fingerprint density at radius 3 is 2.58 bits per heavy atom. The fourth-order valence-electron chi connectivity index (χ4n) is 2.87. The molecule has 2 aromatic heterocycles. The molecule has 3 heterocycles. The Hall–Kier alpha value is -2.16. The summed E-state index contributed by atoms with van der Waals surface area (Å²) in [6.07, 6.45) is 1.14. The molecular weight excluding hydrogens is 325 g/mol. The molecule has 0 saturated carbocycles. The lowest BCUT2D eigenvalue weighted by Crippen LogP contribution is -2.36. The normalized spacial score (nSPS) is 17.3. The van der Waals surface area contributed by atoms with Gasteiger partial charge in [-0.15, -0.1) is 0 Å². The van der Waals surface area contributed by atoms with Gasteiger partial charge in [0.05, 0.1) is 12.0 Å². The van der Waals surface area contributed by atoms with Crippen molar-refractivity contribution < 1.29 is 17.6 Å². The average Bonchev–Trinajstić information content (AvgIpc) is 3.03. The van der Waals surface area contributed by atoms with E-state index in [4.69, 9.17) is 4.42 Å². The van der Waals surface area contributed by atoms with Gasteiger partial charge in [-0.25, -0.2) is 9.97 Å². The minimum atomic E-state index is -4.59. The molecule has 0 unspecified atom stereocenters. The van der Waals surface area contributed by atoms with E-state index in [0.717, 1.165) is 38.0 Å². The lowest BCUT2D eigenvalue weighted by molar-refractivity contribution is -0.141. The van der Waals surface area contributed by atoms with E-state index >= 15 is 0 Å². The van der Waals surface area contributed by atoms with Gasteiger partial charge in [-0.2, -0.15) is 13.2 Å². The summed E-state index contributed by atoms with van der Waals surface area (Å²) in [4.78, 5) is 21.5. The third-order valence-electron chi connectivity index (χ3n) is 4.20. The first-order valence-electron chi connectivity index (χ1n) is 7.65. The summed E-state index contributed by atoms with van der Waals surface area (Å²) in [7, 11) is 0. The van der Waals surface area contributed by atoms with Gasteiger partial charge < -0.3 is 4.42 Å². The molecule has 1 aliphatic heterocycles. The van der Waals surface area contributed by atoms with Crippen LogP contribution in [0.3, 0.4) is 0 Å².